The Kier molecular flexibility index (Phi) is 2.67. The van der Waals surface area contributed by atoms with Crippen LogP contribution in [-0.2, 0) is 0 Å². The Morgan fingerprint density at radius 2 is 2.00 bits per heavy atom. The molecule has 0 fully saturated rings. The lowest BCUT2D eigenvalue weighted by atomic mass is 10.0. The molecule has 2 rings (SSSR count). The Morgan fingerprint density at radius 3 is 2.67 bits per heavy atom. The van der Waals surface area contributed by atoms with Gasteiger partial charge in [0.15, 0.2) is 0 Å². The van der Waals surface area contributed by atoms with Gasteiger partial charge in [-0.15, -0.1) is 0 Å². The normalized spacial score (nSPS) is 10.5. The van der Waals surface area contributed by atoms with E-state index < -0.39 is 5.97 Å². The van der Waals surface area contributed by atoms with E-state index in [0.29, 0.717) is 14.9 Å². The molecule has 0 saturated carbocycles. The highest BCUT2D eigenvalue weighted by Crippen LogP contribution is 2.33. The second-order valence-electron chi connectivity index (χ2n) is 3.07. The number of carbonyl (C=O) groups is 1. The summed E-state index contributed by atoms with van der Waals surface area (Å²) in [6.45, 7) is 0. The number of carboxylic acids is 1. The van der Waals surface area contributed by atoms with Gasteiger partial charge in [-0.2, -0.15) is 0 Å². The van der Waals surface area contributed by atoms with Crippen molar-refractivity contribution in [3.8, 4) is 0 Å². The first kappa shape index (κ1) is 10.5. The number of halogens is 2. The standard InChI is InChI=1S/C11H6BrClO2/c12-10-8(13)5-4-6-2-1-3-7(9(6)10)11(14)15/h1-5H,(H,14,15). The van der Waals surface area contributed by atoms with Gasteiger partial charge in [0.05, 0.1) is 10.6 Å². The molecule has 0 aliphatic carbocycles. The zero-order valence-corrected chi connectivity index (χ0v) is 9.84. The zero-order valence-electron chi connectivity index (χ0n) is 7.50. The first-order chi connectivity index (χ1) is 7.11. The van der Waals surface area contributed by atoms with Crippen molar-refractivity contribution in [3.05, 3.63) is 45.4 Å². The molecule has 0 amide bonds. The van der Waals surface area contributed by atoms with Crippen LogP contribution >= 0.6 is 27.5 Å². The van der Waals surface area contributed by atoms with E-state index in [4.69, 9.17) is 16.7 Å². The summed E-state index contributed by atoms with van der Waals surface area (Å²) < 4.78 is 0.625. The molecule has 0 saturated heterocycles. The smallest absolute Gasteiger partial charge is 0.336 e. The fraction of sp³-hybridized carbons (Fsp3) is 0. The molecular weight excluding hydrogens is 279 g/mol. The van der Waals surface area contributed by atoms with Gasteiger partial charge in [0.1, 0.15) is 0 Å². The van der Waals surface area contributed by atoms with E-state index in [1.54, 1.807) is 24.3 Å². The third-order valence-corrected chi connectivity index (χ3v) is 3.53. The van der Waals surface area contributed by atoms with Crippen LogP contribution in [0, 0.1) is 0 Å². The number of fused-ring (bicyclic) bond motifs is 1. The van der Waals surface area contributed by atoms with Crippen LogP contribution in [0.4, 0.5) is 0 Å². The molecule has 0 aliphatic heterocycles. The third-order valence-electron chi connectivity index (χ3n) is 2.17. The zero-order chi connectivity index (χ0) is 11.0. The Morgan fingerprint density at radius 1 is 1.27 bits per heavy atom. The Bertz CT molecular complexity index is 552. The molecule has 0 atom stereocenters. The van der Waals surface area contributed by atoms with Crippen LogP contribution in [0.5, 0.6) is 0 Å². The second-order valence-corrected chi connectivity index (χ2v) is 4.27. The molecule has 4 heteroatoms. The molecular formula is C11H6BrClO2. The highest BCUT2D eigenvalue weighted by molar-refractivity contribution is 9.10. The van der Waals surface area contributed by atoms with Crippen LogP contribution < -0.4 is 0 Å². The largest absolute Gasteiger partial charge is 0.478 e. The van der Waals surface area contributed by atoms with E-state index in [1.165, 1.54) is 0 Å². The van der Waals surface area contributed by atoms with Crippen LogP contribution in [-0.4, -0.2) is 11.1 Å². The Balaban J connectivity index is 2.94. The van der Waals surface area contributed by atoms with E-state index in [9.17, 15) is 4.79 Å². The molecule has 0 bridgehead atoms. The van der Waals surface area contributed by atoms with Crippen molar-refractivity contribution < 1.29 is 9.90 Å². The van der Waals surface area contributed by atoms with Gasteiger partial charge in [0.2, 0.25) is 0 Å². The fourth-order valence-corrected chi connectivity index (χ4v) is 2.22. The minimum Gasteiger partial charge on any atom is -0.478 e. The summed E-state index contributed by atoms with van der Waals surface area (Å²) in [6, 6.07) is 8.66. The van der Waals surface area contributed by atoms with Crippen molar-refractivity contribution in [1.82, 2.24) is 0 Å². The number of carboxylic acid groups (broad SMARTS) is 1. The first-order valence-electron chi connectivity index (χ1n) is 4.21. The summed E-state index contributed by atoms with van der Waals surface area (Å²) in [6.07, 6.45) is 0. The van der Waals surface area contributed by atoms with Crippen molar-refractivity contribution in [1.29, 1.82) is 0 Å². The fourth-order valence-electron chi connectivity index (χ4n) is 1.49. The van der Waals surface area contributed by atoms with Crippen molar-refractivity contribution >= 4 is 44.3 Å². The molecule has 0 spiro atoms. The monoisotopic (exact) mass is 284 g/mol. The molecule has 2 aromatic carbocycles. The lowest BCUT2D eigenvalue weighted by Crippen LogP contribution is -1.97. The minimum absolute atomic E-state index is 0.252. The summed E-state index contributed by atoms with van der Waals surface area (Å²) in [7, 11) is 0. The van der Waals surface area contributed by atoms with E-state index >= 15 is 0 Å². The number of benzene rings is 2. The number of rotatable bonds is 1. The van der Waals surface area contributed by atoms with Gasteiger partial charge in [-0.25, -0.2) is 4.79 Å². The van der Waals surface area contributed by atoms with Crippen molar-refractivity contribution in [2.45, 2.75) is 0 Å². The van der Waals surface area contributed by atoms with Gasteiger partial charge >= 0.3 is 5.97 Å². The molecule has 2 nitrogen and oxygen atoms in total. The minimum atomic E-state index is -0.955. The Hall–Kier alpha value is -1.06. The average Bonchev–Trinajstić information content (AvgIpc) is 2.23. The Labute approximate surface area is 99.6 Å². The van der Waals surface area contributed by atoms with Gasteiger partial charge in [-0.05, 0) is 33.4 Å². The second kappa shape index (κ2) is 3.83. The molecule has 0 aliphatic rings. The summed E-state index contributed by atoms with van der Waals surface area (Å²) in [4.78, 5) is 11.0. The summed E-state index contributed by atoms with van der Waals surface area (Å²) in [5, 5.41) is 11.0. The number of aromatic carboxylic acids is 1. The predicted octanol–water partition coefficient (Wildman–Crippen LogP) is 3.95. The molecule has 1 N–H and O–H groups in total. The van der Waals surface area contributed by atoms with Gasteiger partial charge in [-0.1, -0.05) is 29.8 Å². The quantitative estimate of drug-likeness (QED) is 0.861. The van der Waals surface area contributed by atoms with E-state index in [0.717, 1.165) is 5.39 Å². The van der Waals surface area contributed by atoms with E-state index in [-0.39, 0.29) is 5.56 Å². The predicted molar refractivity (Wildman–Crippen MR) is 63.6 cm³/mol. The molecule has 15 heavy (non-hydrogen) atoms. The lowest BCUT2D eigenvalue weighted by Gasteiger charge is -2.05. The van der Waals surface area contributed by atoms with Crippen LogP contribution in [0.25, 0.3) is 10.8 Å². The SMILES string of the molecule is O=C(O)c1cccc2ccc(Cl)c(Br)c12. The number of hydrogen-bond donors (Lipinski definition) is 1. The van der Waals surface area contributed by atoms with Crippen LogP contribution in [0.2, 0.25) is 5.02 Å². The van der Waals surface area contributed by atoms with Crippen molar-refractivity contribution in [3.63, 3.8) is 0 Å². The van der Waals surface area contributed by atoms with Gasteiger partial charge in [0, 0.05) is 9.86 Å². The molecule has 2 aromatic rings. The van der Waals surface area contributed by atoms with Gasteiger partial charge in [0.25, 0.3) is 0 Å². The maximum atomic E-state index is 11.0. The summed E-state index contributed by atoms with van der Waals surface area (Å²) >= 11 is 9.23. The van der Waals surface area contributed by atoms with Crippen molar-refractivity contribution in [2.24, 2.45) is 0 Å². The highest BCUT2D eigenvalue weighted by atomic mass is 79.9. The molecule has 0 heterocycles. The first-order valence-corrected chi connectivity index (χ1v) is 5.38. The van der Waals surface area contributed by atoms with E-state index in [1.807, 2.05) is 6.07 Å². The summed E-state index contributed by atoms with van der Waals surface area (Å²) in [5.41, 5.74) is 0.252. The summed E-state index contributed by atoms with van der Waals surface area (Å²) in [5.74, 6) is -0.955. The average molecular weight is 286 g/mol. The highest BCUT2D eigenvalue weighted by Gasteiger charge is 2.12. The van der Waals surface area contributed by atoms with Crippen LogP contribution in [0.15, 0.2) is 34.8 Å². The van der Waals surface area contributed by atoms with Gasteiger partial charge < -0.3 is 5.11 Å². The van der Waals surface area contributed by atoms with Gasteiger partial charge in [-0.3, -0.25) is 0 Å². The molecule has 0 unspecified atom stereocenters. The lowest BCUT2D eigenvalue weighted by molar-refractivity contribution is 0.0699. The number of hydrogen-bond acceptors (Lipinski definition) is 1. The van der Waals surface area contributed by atoms with Crippen LogP contribution in [0.3, 0.4) is 0 Å². The molecule has 0 radical (unpaired) electrons. The van der Waals surface area contributed by atoms with E-state index in [2.05, 4.69) is 15.9 Å². The van der Waals surface area contributed by atoms with Crippen molar-refractivity contribution in [2.75, 3.05) is 0 Å². The molecule has 0 aromatic heterocycles. The molecule has 76 valence electrons. The maximum absolute atomic E-state index is 11.0. The maximum Gasteiger partial charge on any atom is 0.336 e. The van der Waals surface area contributed by atoms with Crippen LogP contribution in [0.1, 0.15) is 10.4 Å². The topological polar surface area (TPSA) is 37.3 Å². The third kappa shape index (κ3) is 1.73.